The molecule has 4 nitrogen and oxygen atoms in total. The van der Waals surface area contributed by atoms with Crippen molar-refractivity contribution in [2.45, 2.75) is 25.5 Å². The van der Waals surface area contributed by atoms with Gasteiger partial charge in [-0.15, -0.1) is 0 Å². The third-order valence-electron chi connectivity index (χ3n) is 5.87. The Balaban J connectivity index is 1.60. The number of rotatable bonds is 7. The summed E-state index contributed by atoms with van der Waals surface area (Å²) >= 11 is 12.7. The van der Waals surface area contributed by atoms with E-state index in [1.807, 2.05) is 66.7 Å². The predicted molar refractivity (Wildman–Crippen MR) is 127 cm³/mol. The van der Waals surface area contributed by atoms with E-state index in [4.69, 9.17) is 27.9 Å². The van der Waals surface area contributed by atoms with E-state index >= 15 is 0 Å². The number of piperidine rings is 1. The number of aliphatic carboxylic acids is 1. The summed E-state index contributed by atoms with van der Waals surface area (Å²) < 4.78 is 5.93. The molecular weight excluding hydrogens is 445 g/mol. The van der Waals surface area contributed by atoms with Gasteiger partial charge in [0.2, 0.25) is 0 Å². The molecule has 0 radical (unpaired) electrons. The largest absolute Gasteiger partial charge is 0.489 e. The second kappa shape index (κ2) is 10.4. The highest BCUT2D eigenvalue weighted by molar-refractivity contribution is 6.35. The zero-order valence-corrected chi connectivity index (χ0v) is 19.1. The van der Waals surface area contributed by atoms with Crippen LogP contribution in [0.25, 0.3) is 0 Å². The first-order chi connectivity index (χ1) is 15.5. The molecule has 32 heavy (non-hydrogen) atoms. The van der Waals surface area contributed by atoms with Crippen molar-refractivity contribution in [3.05, 3.63) is 99.5 Å². The molecule has 1 heterocycles. The Labute approximate surface area is 198 Å². The molecule has 1 aliphatic heterocycles. The van der Waals surface area contributed by atoms with Crippen molar-refractivity contribution < 1.29 is 14.6 Å². The topological polar surface area (TPSA) is 49.8 Å². The lowest BCUT2D eigenvalue weighted by Gasteiger charge is -2.38. The van der Waals surface area contributed by atoms with Gasteiger partial charge in [0.15, 0.2) is 0 Å². The predicted octanol–water partition coefficient (Wildman–Crippen LogP) is 6.46. The first kappa shape index (κ1) is 22.7. The number of likely N-dealkylation sites (tertiary alicyclic amines) is 1. The monoisotopic (exact) mass is 469 g/mol. The van der Waals surface area contributed by atoms with E-state index in [0.717, 1.165) is 35.4 Å². The van der Waals surface area contributed by atoms with Gasteiger partial charge in [0.05, 0.1) is 12.0 Å². The summed E-state index contributed by atoms with van der Waals surface area (Å²) in [4.78, 5) is 13.9. The summed E-state index contributed by atoms with van der Waals surface area (Å²) in [7, 11) is 0. The van der Waals surface area contributed by atoms with Crippen LogP contribution in [-0.2, 0) is 11.4 Å². The van der Waals surface area contributed by atoms with Crippen LogP contribution in [0.5, 0.6) is 5.75 Å². The van der Waals surface area contributed by atoms with E-state index in [1.165, 1.54) is 0 Å². The number of benzene rings is 3. The maximum atomic E-state index is 11.7. The summed E-state index contributed by atoms with van der Waals surface area (Å²) in [6, 6.07) is 23.3. The van der Waals surface area contributed by atoms with Gasteiger partial charge in [0, 0.05) is 16.6 Å². The summed E-state index contributed by atoms with van der Waals surface area (Å²) in [6.45, 7) is 1.78. The van der Waals surface area contributed by atoms with Crippen molar-refractivity contribution in [2.24, 2.45) is 5.92 Å². The van der Waals surface area contributed by atoms with E-state index in [0.29, 0.717) is 29.6 Å². The summed E-state index contributed by atoms with van der Waals surface area (Å²) in [5.74, 6) is -0.355. The molecule has 0 amide bonds. The van der Waals surface area contributed by atoms with Gasteiger partial charge in [0.25, 0.3) is 0 Å². The molecule has 2 atom stereocenters. The van der Waals surface area contributed by atoms with E-state index in [1.54, 1.807) is 6.07 Å². The van der Waals surface area contributed by atoms with Gasteiger partial charge < -0.3 is 9.84 Å². The van der Waals surface area contributed by atoms with Crippen molar-refractivity contribution in [3.8, 4) is 5.75 Å². The number of carbonyl (C=O) groups is 1. The van der Waals surface area contributed by atoms with Gasteiger partial charge in [-0.2, -0.15) is 0 Å². The highest BCUT2D eigenvalue weighted by atomic mass is 35.5. The Morgan fingerprint density at radius 2 is 1.81 bits per heavy atom. The Hall–Kier alpha value is -2.53. The van der Waals surface area contributed by atoms with E-state index < -0.39 is 5.97 Å². The Morgan fingerprint density at radius 3 is 2.50 bits per heavy atom. The zero-order valence-electron chi connectivity index (χ0n) is 17.6. The highest BCUT2D eigenvalue weighted by Gasteiger charge is 2.32. The molecule has 1 N–H and O–H groups in total. The SMILES string of the molecule is O=C(O)C1CCCN(C(c2ccc(OCc3ccccc3)cc2)c2ccc(Cl)cc2Cl)C1. The average molecular weight is 470 g/mol. The second-order valence-electron chi connectivity index (χ2n) is 8.08. The van der Waals surface area contributed by atoms with Crippen molar-refractivity contribution in [3.63, 3.8) is 0 Å². The van der Waals surface area contributed by atoms with Crippen LogP contribution in [0.15, 0.2) is 72.8 Å². The lowest BCUT2D eigenvalue weighted by atomic mass is 9.91. The fraction of sp³-hybridized carbons (Fsp3) is 0.269. The molecule has 0 aliphatic carbocycles. The zero-order chi connectivity index (χ0) is 22.5. The first-order valence-corrected chi connectivity index (χ1v) is 11.5. The summed E-state index contributed by atoms with van der Waals surface area (Å²) in [6.07, 6.45) is 1.52. The quantitative estimate of drug-likeness (QED) is 0.431. The molecule has 0 spiro atoms. The minimum Gasteiger partial charge on any atom is -0.489 e. The number of carboxylic acids is 1. The Bertz CT molecular complexity index is 1060. The summed E-state index contributed by atoms with van der Waals surface area (Å²) in [5, 5.41) is 10.7. The molecule has 0 bridgehead atoms. The molecule has 3 aromatic rings. The number of hydrogen-bond acceptors (Lipinski definition) is 3. The van der Waals surface area contributed by atoms with E-state index in [-0.39, 0.29) is 12.0 Å². The molecule has 2 unspecified atom stereocenters. The number of halogens is 2. The highest BCUT2D eigenvalue weighted by Crippen LogP contribution is 2.37. The van der Waals surface area contributed by atoms with Gasteiger partial charge in [-0.3, -0.25) is 9.69 Å². The van der Waals surface area contributed by atoms with Crippen molar-refractivity contribution in [2.75, 3.05) is 13.1 Å². The maximum absolute atomic E-state index is 11.7. The fourth-order valence-corrected chi connectivity index (χ4v) is 4.75. The van der Waals surface area contributed by atoms with Crippen molar-refractivity contribution in [1.29, 1.82) is 0 Å². The lowest BCUT2D eigenvalue weighted by molar-refractivity contribution is -0.143. The molecule has 4 rings (SSSR count). The molecule has 1 saturated heterocycles. The van der Waals surface area contributed by atoms with Gasteiger partial charge in [-0.1, -0.05) is 71.7 Å². The number of nitrogens with zero attached hydrogens (tertiary/aromatic N) is 1. The van der Waals surface area contributed by atoms with E-state index in [2.05, 4.69) is 4.90 Å². The first-order valence-electron chi connectivity index (χ1n) is 10.7. The van der Waals surface area contributed by atoms with E-state index in [9.17, 15) is 9.90 Å². The number of carboxylic acid groups (broad SMARTS) is 1. The Kier molecular flexibility index (Phi) is 7.36. The van der Waals surface area contributed by atoms with Crippen LogP contribution in [0.4, 0.5) is 0 Å². The number of ether oxygens (including phenoxy) is 1. The third kappa shape index (κ3) is 5.44. The fourth-order valence-electron chi connectivity index (χ4n) is 4.24. The van der Waals surface area contributed by atoms with Crippen LogP contribution >= 0.6 is 23.2 Å². The molecular formula is C26H25Cl2NO3. The molecule has 1 aliphatic rings. The van der Waals surface area contributed by atoms with Crippen LogP contribution in [0.2, 0.25) is 10.0 Å². The molecule has 0 saturated carbocycles. The molecule has 0 aromatic heterocycles. The standard InChI is InChI=1S/C26H25Cl2NO3/c27-21-10-13-23(24(28)15-21)25(29-14-4-7-20(16-29)26(30)31)19-8-11-22(12-9-19)32-17-18-5-2-1-3-6-18/h1-3,5-6,8-13,15,20,25H,4,7,14,16-17H2,(H,30,31). The van der Waals surface area contributed by atoms with Crippen molar-refractivity contribution >= 4 is 29.2 Å². The maximum Gasteiger partial charge on any atom is 0.307 e. The molecule has 1 fully saturated rings. The summed E-state index contributed by atoms with van der Waals surface area (Å²) in [5.41, 5.74) is 3.06. The van der Waals surface area contributed by atoms with Gasteiger partial charge in [-0.25, -0.2) is 0 Å². The van der Waals surface area contributed by atoms with Crippen LogP contribution in [0.3, 0.4) is 0 Å². The third-order valence-corrected chi connectivity index (χ3v) is 6.43. The minimum absolute atomic E-state index is 0.162. The molecule has 3 aromatic carbocycles. The Morgan fingerprint density at radius 1 is 1.06 bits per heavy atom. The van der Waals surface area contributed by atoms with Gasteiger partial charge >= 0.3 is 5.97 Å². The lowest BCUT2D eigenvalue weighted by Crippen LogP contribution is -2.41. The molecule has 166 valence electrons. The normalized spacial score (nSPS) is 17.6. The second-order valence-corrected chi connectivity index (χ2v) is 8.93. The molecule has 6 heteroatoms. The van der Waals surface area contributed by atoms with Gasteiger partial charge in [-0.05, 0) is 60.3 Å². The van der Waals surface area contributed by atoms with Crippen LogP contribution < -0.4 is 4.74 Å². The minimum atomic E-state index is -0.750. The van der Waals surface area contributed by atoms with Crippen LogP contribution in [0.1, 0.15) is 35.6 Å². The van der Waals surface area contributed by atoms with Crippen molar-refractivity contribution in [1.82, 2.24) is 4.90 Å². The van der Waals surface area contributed by atoms with Gasteiger partial charge in [0.1, 0.15) is 12.4 Å². The van der Waals surface area contributed by atoms with Crippen LogP contribution in [-0.4, -0.2) is 29.1 Å². The van der Waals surface area contributed by atoms with Crippen LogP contribution in [0, 0.1) is 5.92 Å². The average Bonchev–Trinajstić information content (AvgIpc) is 2.81. The smallest absolute Gasteiger partial charge is 0.307 e. The number of hydrogen-bond donors (Lipinski definition) is 1.